The first-order valence-electron chi connectivity index (χ1n) is 7.58. The molecule has 0 heterocycles. The van der Waals surface area contributed by atoms with Gasteiger partial charge in [-0.25, -0.2) is 0 Å². The molecule has 0 aliphatic rings. The van der Waals surface area contributed by atoms with E-state index >= 15 is 0 Å². The van der Waals surface area contributed by atoms with Crippen LogP contribution in [-0.2, 0) is 0 Å². The predicted molar refractivity (Wildman–Crippen MR) is 89.3 cm³/mol. The van der Waals surface area contributed by atoms with Crippen LogP contribution in [0.25, 0.3) is 0 Å². The van der Waals surface area contributed by atoms with Crippen LogP contribution in [-0.4, -0.2) is 38.8 Å². The fourth-order valence-electron chi connectivity index (χ4n) is 1.76. The fourth-order valence-corrected chi connectivity index (χ4v) is 2.02. The zero-order valence-electron chi connectivity index (χ0n) is 13.7. The van der Waals surface area contributed by atoms with Crippen molar-refractivity contribution in [3.8, 4) is 11.5 Å². The van der Waals surface area contributed by atoms with E-state index in [4.69, 9.17) is 21.1 Å². The van der Waals surface area contributed by atoms with Gasteiger partial charge in [0.25, 0.3) is 5.91 Å². The Labute approximate surface area is 137 Å². The van der Waals surface area contributed by atoms with Crippen molar-refractivity contribution in [2.24, 2.45) is 0 Å². The molecule has 0 aliphatic carbocycles. The van der Waals surface area contributed by atoms with Crippen molar-refractivity contribution >= 4 is 17.5 Å². The van der Waals surface area contributed by atoms with Gasteiger partial charge in [-0.2, -0.15) is 0 Å². The van der Waals surface area contributed by atoms with E-state index in [1.54, 1.807) is 12.1 Å². The predicted octanol–water partition coefficient (Wildman–Crippen LogP) is 2.87. The number of carbonyl (C=O) groups is 1. The molecule has 1 aromatic rings. The molecule has 1 amide bonds. The smallest absolute Gasteiger partial charge is 0.251 e. The molecule has 5 nitrogen and oxygen atoms in total. The third-order valence-corrected chi connectivity index (χ3v) is 3.36. The lowest BCUT2D eigenvalue weighted by atomic mass is 10.1. The Hall–Kier alpha value is -1.46. The highest BCUT2D eigenvalue weighted by Crippen LogP contribution is 2.36. The van der Waals surface area contributed by atoms with Crippen molar-refractivity contribution in [3.63, 3.8) is 0 Å². The second-order valence-electron chi connectivity index (χ2n) is 4.97. The number of carbonyl (C=O) groups excluding carboxylic acids is 1. The van der Waals surface area contributed by atoms with E-state index in [0.717, 1.165) is 6.42 Å². The molecule has 6 heteroatoms. The molecule has 0 saturated heterocycles. The third-order valence-electron chi connectivity index (χ3n) is 3.08. The zero-order chi connectivity index (χ0) is 16.5. The van der Waals surface area contributed by atoms with Crippen LogP contribution in [0.15, 0.2) is 12.1 Å². The summed E-state index contributed by atoms with van der Waals surface area (Å²) in [6.07, 6.45) is 0.867. The minimum atomic E-state index is -0.188. The minimum Gasteiger partial charge on any atom is -0.490 e. The van der Waals surface area contributed by atoms with Crippen LogP contribution in [0.3, 0.4) is 0 Å². The molecule has 124 valence electrons. The number of ether oxygens (including phenoxy) is 2. The molecule has 1 aromatic carbocycles. The molecular formula is C16H25ClN2O3. The Morgan fingerprint density at radius 1 is 1.32 bits per heavy atom. The largest absolute Gasteiger partial charge is 0.490 e. The van der Waals surface area contributed by atoms with Crippen LogP contribution in [0.2, 0.25) is 5.02 Å². The van der Waals surface area contributed by atoms with Crippen molar-refractivity contribution in [2.75, 3.05) is 26.8 Å². The van der Waals surface area contributed by atoms with E-state index < -0.39 is 0 Å². The van der Waals surface area contributed by atoms with Gasteiger partial charge in [0.15, 0.2) is 11.5 Å². The Morgan fingerprint density at radius 2 is 2.05 bits per heavy atom. The molecule has 0 spiro atoms. The number of hydrogen-bond acceptors (Lipinski definition) is 4. The van der Waals surface area contributed by atoms with Crippen molar-refractivity contribution in [1.29, 1.82) is 0 Å². The van der Waals surface area contributed by atoms with E-state index in [-0.39, 0.29) is 11.9 Å². The average molecular weight is 329 g/mol. The molecule has 0 aromatic heterocycles. The van der Waals surface area contributed by atoms with Crippen LogP contribution in [0.4, 0.5) is 0 Å². The first-order valence-corrected chi connectivity index (χ1v) is 7.95. The maximum Gasteiger partial charge on any atom is 0.251 e. The summed E-state index contributed by atoms with van der Waals surface area (Å²) < 4.78 is 11.2. The summed E-state index contributed by atoms with van der Waals surface area (Å²) >= 11 is 6.24. The monoisotopic (exact) mass is 328 g/mol. The summed E-state index contributed by atoms with van der Waals surface area (Å²) in [7, 11) is 1.85. The van der Waals surface area contributed by atoms with Gasteiger partial charge >= 0.3 is 0 Å². The summed E-state index contributed by atoms with van der Waals surface area (Å²) in [5.41, 5.74) is 0.459. The van der Waals surface area contributed by atoms with Crippen LogP contribution < -0.4 is 20.1 Å². The van der Waals surface area contributed by atoms with Crippen LogP contribution in [0, 0.1) is 0 Å². The fraction of sp³-hybridized carbons (Fsp3) is 0.562. The molecule has 1 rings (SSSR count). The van der Waals surface area contributed by atoms with Crippen LogP contribution >= 0.6 is 11.6 Å². The van der Waals surface area contributed by atoms with Gasteiger partial charge in [-0.05, 0) is 39.4 Å². The second kappa shape index (κ2) is 9.54. The molecule has 1 unspecified atom stereocenters. The second-order valence-corrected chi connectivity index (χ2v) is 5.37. The Balaban J connectivity index is 2.94. The number of rotatable bonds is 9. The van der Waals surface area contributed by atoms with E-state index in [0.29, 0.717) is 41.8 Å². The number of hydrogen-bond donors (Lipinski definition) is 2. The lowest BCUT2D eigenvalue weighted by Crippen LogP contribution is -2.37. The highest BCUT2D eigenvalue weighted by atomic mass is 35.5. The van der Waals surface area contributed by atoms with Crippen LogP contribution in [0.1, 0.15) is 37.6 Å². The zero-order valence-corrected chi connectivity index (χ0v) is 14.4. The summed E-state index contributed by atoms with van der Waals surface area (Å²) in [6.45, 7) is 7.43. The quantitative estimate of drug-likeness (QED) is 0.732. The summed E-state index contributed by atoms with van der Waals surface area (Å²) in [5.74, 6) is 0.799. The van der Waals surface area contributed by atoms with E-state index in [2.05, 4.69) is 10.6 Å². The van der Waals surface area contributed by atoms with Gasteiger partial charge in [-0.3, -0.25) is 4.79 Å². The van der Waals surface area contributed by atoms with Gasteiger partial charge in [-0.1, -0.05) is 18.5 Å². The lowest BCUT2D eigenvalue weighted by Gasteiger charge is -2.16. The van der Waals surface area contributed by atoms with Crippen molar-refractivity contribution in [3.05, 3.63) is 22.7 Å². The highest BCUT2D eigenvalue weighted by Gasteiger charge is 2.16. The van der Waals surface area contributed by atoms with Gasteiger partial charge < -0.3 is 20.1 Å². The summed E-state index contributed by atoms with van der Waals surface area (Å²) in [5, 5.41) is 6.29. The van der Waals surface area contributed by atoms with Gasteiger partial charge in [0.2, 0.25) is 0 Å². The SMILES string of the molecule is CCCOc1c(Cl)cc(C(=O)NCC(C)NC)cc1OCC. The Morgan fingerprint density at radius 3 is 2.64 bits per heavy atom. The van der Waals surface area contributed by atoms with Gasteiger partial charge in [0, 0.05) is 18.2 Å². The molecule has 0 radical (unpaired) electrons. The first-order chi connectivity index (χ1) is 10.5. The lowest BCUT2D eigenvalue weighted by molar-refractivity contribution is 0.0950. The van der Waals surface area contributed by atoms with Crippen molar-refractivity contribution in [2.45, 2.75) is 33.2 Å². The molecule has 0 saturated carbocycles. The number of likely N-dealkylation sites (N-methyl/N-ethyl adjacent to an activating group) is 1. The number of nitrogens with one attached hydrogen (secondary N) is 2. The maximum absolute atomic E-state index is 12.2. The summed E-state index contributed by atoms with van der Waals surface area (Å²) in [4.78, 5) is 12.2. The minimum absolute atomic E-state index is 0.188. The highest BCUT2D eigenvalue weighted by molar-refractivity contribution is 6.32. The summed E-state index contributed by atoms with van der Waals surface area (Å²) in [6, 6.07) is 3.46. The normalized spacial score (nSPS) is 11.9. The number of amides is 1. The van der Waals surface area contributed by atoms with E-state index in [1.165, 1.54) is 0 Å². The molecule has 0 aliphatic heterocycles. The molecule has 2 N–H and O–H groups in total. The topological polar surface area (TPSA) is 59.6 Å². The average Bonchev–Trinajstić information content (AvgIpc) is 2.51. The van der Waals surface area contributed by atoms with E-state index in [9.17, 15) is 4.79 Å². The first kappa shape index (κ1) is 18.6. The van der Waals surface area contributed by atoms with Crippen LogP contribution in [0.5, 0.6) is 11.5 Å². The standard InChI is InChI=1S/C16H25ClN2O3/c1-5-7-22-15-13(17)8-12(9-14(15)21-6-2)16(20)19-10-11(3)18-4/h8-9,11,18H,5-7,10H2,1-4H3,(H,19,20). The molecular weight excluding hydrogens is 304 g/mol. The molecule has 1 atom stereocenters. The Bertz CT molecular complexity index is 495. The maximum atomic E-state index is 12.2. The van der Waals surface area contributed by atoms with Gasteiger partial charge in [0.05, 0.1) is 18.2 Å². The molecule has 0 fully saturated rings. The molecule has 0 bridgehead atoms. The third kappa shape index (κ3) is 5.39. The number of halogens is 1. The van der Waals surface area contributed by atoms with E-state index in [1.807, 2.05) is 27.8 Å². The molecule has 22 heavy (non-hydrogen) atoms. The Kier molecular flexibility index (Phi) is 8.06. The number of benzene rings is 1. The van der Waals surface area contributed by atoms with Gasteiger partial charge in [0.1, 0.15) is 0 Å². The van der Waals surface area contributed by atoms with Crippen molar-refractivity contribution in [1.82, 2.24) is 10.6 Å². The van der Waals surface area contributed by atoms with Crippen molar-refractivity contribution < 1.29 is 14.3 Å². The van der Waals surface area contributed by atoms with Gasteiger partial charge in [-0.15, -0.1) is 0 Å².